The standard InChI is InChI=1S/C31H34N6O3/c1-20-10-13-23-17-27(31(38)32-28(23)21(20)2)29(30-33-34-35-37(30)24-7-4-5-8-24)36(19-26-9-6-16-40-26)18-22-11-14-25(39-3)15-12-22/h6,9-17,24,29H,4-5,7-8,18-19H2,1-3H3,(H,32,38). The molecule has 1 aliphatic carbocycles. The summed E-state index contributed by atoms with van der Waals surface area (Å²) in [7, 11) is 1.66. The second-order valence-electron chi connectivity index (χ2n) is 10.7. The van der Waals surface area contributed by atoms with Crippen LogP contribution in [0.3, 0.4) is 0 Å². The van der Waals surface area contributed by atoms with Gasteiger partial charge >= 0.3 is 0 Å². The van der Waals surface area contributed by atoms with Crippen molar-refractivity contribution in [1.82, 2.24) is 30.1 Å². The molecule has 9 nitrogen and oxygen atoms in total. The van der Waals surface area contributed by atoms with Crippen LogP contribution in [0, 0.1) is 13.8 Å². The molecular formula is C31H34N6O3. The Morgan fingerprint density at radius 3 is 2.62 bits per heavy atom. The minimum absolute atomic E-state index is 0.147. The van der Waals surface area contributed by atoms with E-state index in [1.54, 1.807) is 13.4 Å². The number of tetrazole rings is 1. The van der Waals surface area contributed by atoms with Gasteiger partial charge < -0.3 is 14.1 Å². The fraction of sp³-hybridized carbons (Fsp3) is 0.355. The molecule has 1 atom stereocenters. The third-order valence-corrected chi connectivity index (χ3v) is 8.16. The maximum Gasteiger partial charge on any atom is 0.253 e. The Balaban J connectivity index is 1.53. The molecule has 3 aromatic heterocycles. The van der Waals surface area contributed by atoms with Gasteiger partial charge in [-0.1, -0.05) is 37.1 Å². The number of nitrogens with one attached hydrogen (secondary N) is 1. The Hall–Kier alpha value is -4.24. The first kappa shape index (κ1) is 26.0. The van der Waals surface area contributed by atoms with Crippen molar-refractivity contribution in [1.29, 1.82) is 0 Å². The van der Waals surface area contributed by atoms with Gasteiger partial charge in [0.2, 0.25) is 0 Å². The minimum atomic E-state index is -0.516. The van der Waals surface area contributed by atoms with E-state index < -0.39 is 6.04 Å². The molecule has 1 aliphatic rings. The van der Waals surface area contributed by atoms with E-state index in [-0.39, 0.29) is 11.6 Å². The molecule has 0 radical (unpaired) electrons. The topological polar surface area (TPSA) is 102 Å². The molecule has 206 valence electrons. The summed E-state index contributed by atoms with van der Waals surface area (Å²) in [5, 5.41) is 14.1. The summed E-state index contributed by atoms with van der Waals surface area (Å²) < 4.78 is 13.1. The summed E-state index contributed by atoms with van der Waals surface area (Å²) in [4.78, 5) is 19.3. The lowest BCUT2D eigenvalue weighted by molar-refractivity contribution is 0.176. The summed E-state index contributed by atoms with van der Waals surface area (Å²) in [5.41, 5.74) is 4.59. The van der Waals surface area contributed by atoms with Gasteiger partial charge in [0.05, 0.1) is 31.5 Å². The third kappa shape index (κ3) is 5.04. The SMILES string of the molecule is COc1ccc(CN(Cc2ccco2)C(c2cc3ccc(C)c(C)c3[nH]c2=O)c2nnnn2C2CCCC2)cc1. The molecule has 1 unspecified atom stereocenters. The lowest BCUT2D eigenvalue weighted by atomic mass is 9.99. The summed E-state index contributed by atoms with van der Waals surface area (Å²) >= 11 is 0. The van der Waals surface area contributed by atoms with E-state index in [4.69, 9.17) is 9.15 Å². The van der Waals surface area contributed by atoms with Crippen LogP contribution in [0.1, 0.15) is 71.6 Å². The first-order valence-electron chi connectivity index (χ1n) is 13.8. The summed E-state index contributed by atoms with van der Waals surface area (Å²) in [6, 6.07) is 17.7. The number of rotatable bonds is 9. The van der Waals surface area contributed by atoms with Crippen molar-refractivity contribution in [3.05, 3.63) is 105 Å². The molecule has 0 spiro atoms. The molecule has 40 heavy (non-hydrogen) atoms. The number of methoxy groups -OCH3 is 1. The quantitative estimate of drug-likeness (QED) is 0.259. The number of aryl methyl sites for hydroxylation is 2. The third-order valence-electron chi connectivity index (χ3n) is 8.16. The zero-order chi connectivity index (χ0) is 27.6. The Labute approximate surface area is 232 Å². The number of furan rings is 1. The second kappa shape index (κ2) is 11.1. The Morgan fingerprint density at radius 1 is 1.10 bits per heavy atom. The summed E-state index contributed by atoms with van der Waals surface area (Å²) in [6.45, 7) is 5.10. The van der Waals surface area contributed by atoms with E-state index >= 15 is 0 Å². The number of hydrogen-bond acceptors (Lipinski definition) is 7. The molecule has 5 aromatic rings. The predicted molar refractivity (Wildman–Crippen MR) is 152 cm³/mol. The van der Waals surface area contributed by atoms with E-state index in [0.717, 1.165) is 64.8 Å². The van der Waals surface area contributed by atoms with Gasteiger partial charge in [-0.3, -0.25) is 9.69 Å². The lowest BCUT2D eigenvalue weighted by Crippen LogP contribution is -2.35. The zero-order valence-electron chi connectivity index (χ0n) is 23.1. The smallest absolute Gasteiger partial charge is 0.253 e. The van der Waals surface area contributed by atoms with E-state index in [2.05, 4.69) is 44.5 Å². The van der Waals surface area contributed by atoms with Crippen LogP contribution in [0.4, 0.5) is 0 Å². The van der Waals surface area contributed by atoms with Crippen molar-refractivity contribution in [2.24, 2.45) is 0 Å². The molecule has 0 bridgehead atoms. The van der Waals surface area contributed by atoms with Crippen molar-refractivity contribution >= 4 is 10.9 Å². The maximum absolute atomic E-state index is 13.9. The number of hydrogen-bond donors (Lipinski definition) is 1. The van der Waals surface area contributed by atoms with E-state index in [1.807, 2.05) is 54.1 Å². The average molecular weight is 539 g/mol. The molecule has 6 rings (SSSR count). The number of pyridine rings is 1. The number of H-pyrrole nitrogens is 1. The summed E-state index contributed by atoms with van der Waals surface area (Å²) in [6.07, 6.45) is 6.01. The van der Waals surface area contributed by atoms with Crippen molar-refractivity contribution < 1.29 is 9.15 Å². The highest BCUT2D eigenvalue weighted by Gasteiger charge is 2.34. The highest BCUT2D eigenvalue weighted by Crippen LogP contribution is 2.35. The van der Waals surface area contributed by atoms with Crippen molar-refractivity contribution in [2.45, 2.75) is 64.7 Å². The normalized spacial score (nSPS) is 14.8. The van der Waals surface area contributed by atoms with Crippen molar-refractivity contribution in [3.63, 3.8) is 0 Å². The van der Waals surface area contributed by atoms with Crippen LogP contribution in [0.25, 0.3) is 10.9 Å². The van der Waals surface area contributed by atoms with Crippen LogP contribution in [0.15, 0.2) is 70.1 Å². The average Bonchev–Trinajstić information content (AvgIpc) is 3.76. The molecule has 0 amide bonds. The molecule has 1 N–H and O–H groups in total. The van der Waals surface area contributed by atoms with Gasteiger partial charge in [-0.25, -0.2) is 4.68 Å². The van der Waals surface area contributed by atoms with Crippen LogP contribution < -0.4 is 10.3 Å². The number of ether oxygens (including phenoxy) is 1. The van der Waals surface area contributed by atoms with Crippen LogP contribution in [0.5, 0.6) is 5.75 Å². The van der Waals surface area contributed by atoms with E-state index in [1.165, 1.54) is 0 Å². The molecule has 1 saturated carbocycles. The van der Waals surface area contributed by atoms with Gasteiger partial charge in [0.1, 0.15) is 17.6 Å². The number of aromatic amines is 1. The first-order valence-corrected chi connectivity index (χ1v) is 13.8. The van der Waals surface area contributed by atoms with E-state index in [9.17, 15) is 4.79 Å². The molecule has 0 saturated heterocycles. The van der Waals surface area contributed by atoms with Gasteiger partial charge in [0.15, 0.2) is 5.82 Å². The van der Waals surface area contributed by atoms with Crippen molar-refractivity contribution in [2.75, 3.05) is 7.11 Å². The number of nitrogens with zero attached hydrogens (tertiary/aromatic N) is 5. The van der Waals surface area contributed by atoms with Crippen LogP contribution in [-0.4, -0.2) is 37.2 Å². The summed E-state index contributed by atoms with van der Waals surface area (Å²) in [5.74, 6) is 2.25. The fourth-order valence-electron chi connectivity index (χ4n) is 5.84. The van der Waals surface area contributed by atoms with Gasteiger partial charge in [0, 0.05) is 12.1 Å². The highest BCUT2D eigenvalue weighted by atomic mass is 16.5. The Kier molecular flexibility index (Phi) is 7.21. The number of fused-ring (bicyclic) bond motifs is 1. The van der Waals surface area contributed by atoms with E-state index in [0.29, 0.717) is 24.5 Å². The molecule has 3 heterocycles. The van der Waals surface area contributed by atoms with Gasteiger partial charge in [-0.15, -0.1) is 5.10 Å². The zero-order valence-corrected chi connectivity index (χ0v) is 23.1. The number of benzene rings is 2. The first-order chi connectivity index (χ1) is 19.5. The molecule has 2 aromatic carbocycles. The van der Waals surface area contributed by atoms with Gasteiger partial charge in [-0.05, 0) is 89.5 Å². The maximum atomic E-state index is 13.9. The molecule has 1 fully saturated rings. The Morgan fingerprint density at radius 2 is 1.90 bits per heavy atom. The van der Waals surface area contributed by atoms with Gasteiger partial charge in [-0.2, -0.15) is 0 Å². The monoisotopic (exact) mass is 538 g/mol. The lowest BCUT2D eigenvalue weighted by Gasteiger charge is -2.31. The van der Waals surface area contributed by atoms with Crippen LogP contribution in [0.2, 0.25) is 0 Å². The fourth-order valence-corrected chi connectivity index (χ4v) is 5.84. The van der Waals surface area contributed by atoms with Gasteiger partial charge in [0.25, 0.3) is 5.56 Å². The second-order valence-corrected chi connectivity index (χ2v) is 10.7. The number of aromatic nitrogens is 5. The van der Waals surface area contributed by atoms with Crippen LogP contribution in [-0.2, 0) is 13.1 Å². The molecular weight excluding hydrogens is 504 g/mol. The van der Waals surface area contributed by atoms with Crippen LogP contribution >= 0.6 is 0 Å². The predicted octanol–water partition coefficient (Wildman–Crippen LogP) is 5.64. The molecule has 9 heteroatoms. The Bertz CT molecular complexity index is 1650. The van der Waals surface area contributed by atoms with Crippen molar-refractivity contribution in [3.8, 4) is 5.75 Å². The largest absolute Gasteiger partial charge is 0.497 e. The highest BCUT2D eigenvalue weighted by molar-refractivity contribution is 5.83. The minimum Gasteiger partial charge on any atom is -0.497 e. The molecule has 0 aliphatic heterocycles.